The van der Waals surface area contributed by atoms with Crippen molar-refractivity contribution in [2.45, 2.75) is 44.9 Å². The second-order valence-electron chi connectivity index (χ2n) is 4.30. The average molecular weight is 274 g/mol. The van der Waals surface area contributed by atoms with Gasteiger partial charge in [0.25, 0.3) is 0 Å². The first-order valence-corrected chi connectivity index (χ1v) is 6.82. The minimum absolute atomic E-state index is 0.144. The SMILES string of the molecule is CCOC(=O)/C=C1\CCCCCN1C(=O)C(C)Cl. The number of carbonyl (C=O) groups is 2. The normalized spacial score (nSPS) is 20.4. The van der Waals surface area contributed by atoms with Gasteiger partial charge in [-0.2, -0.15) is 0 Å². The Morgan fingerprint density at radius 3 is 2.78 bits per heavy atom. The molecule has 4 nitrogen and oxygen atoms in total. The highest BCUT2D eigenvalue weighted by Crippen LogP contribution is 2.21. The molecule has 1 saturated heterocycles. The molecule has 1 amide bonds. The van der Waals surface area contributed by atoms with Gasteiger partial charge in [-0.05, 0) is 33.1 Å². The summed E-state index contributed by atoms with van der Waals surface area (Å²) in [7, 11) is 0. The van der Waals surface area contributed by atoms with Gasteiger partial charge in [0.05, 0.1) is 6.61 Å². The van der Waals surface area contributed by atoms with E-state index < -0.39 is 11.3 Å². The number of rotatable bonds is 3. The molecule has 0 spiro atoms. The molecule has 1 unspecified atom stereocenters. The van der Waals surface area contributed by atoms with E-state index >= 15 is 0 Å². The van der Waals surface area contributed by atoms with E-state index in [4.69, 9.17) is 16.3 Å². The van der Waals surface area contributed by atoms with Gasteiger partial charge in [0, 0.05) is 18.3 Å². The Kier molecular flexibility index (Phi) is 6.19. The molecule has 5 heteroatoms. The molecule has 0 aromatic heterocycles. The number of hydrogen-bond acceptors (Lipinski definition) is 3. The summed E-state index contributed by atoms with van der Waals surface area (Å²) in [5.41, 5.74) is 0.725. The molecular weight excluding hydrogens is 254 g/mol. The van der Waals surface area contributed by atoms with Crippen LogP contribution in [0, 0.1) is 0 Å². The van der Waals surface area contributed by atoms with Gasteiger partial charge in [-0.15, -0.1) is 11.6 Å². The van der Waals surface area contributed by atoms with E-state index in [0.29, 0.717) is 19.6 Å². The monoisotopic (exact) mass is 273 g/mol. The first kappa shape index (κ1) is 15.0. The van der Waals surface area contributed by atoms with Gasteiger partial charge in [0.15, 0.2) is 0 Å². The maximum absolute atomic E-state index is 12.0. The third kappa shape index (κ3) is 4.33. The fourth-order valence-corrected chi connectivity index (χ4v) is 2.09. The quantitative estimate of drug-likeness (QED) is 0.451. The molecule has 0 bridgehead atoms. The smallest absolute Gasteiger partial charge is 0.332 e. The molecule has 1 fully saturated rings. The van der Waals surface area contributed by atoms with Gasteiger partial charge in [-0.25, -0.2) is 4.79 Å². The maximum Gasteiger partial charge on any atom is 0.332 e. The molecule has 18 heavy (non-hydrogen) atoms. The zero-order valence-electron chi connectivity index (χ0n) is 10.9. The van der Waals surface area contributed by atoms with Crippen molar-refractivity contribution in [1.82, 2.24) is 4.90 Å². The van der Waals surface area contributed by atoms with Crippen LogP contribution in [-0.2, 0) is 14.3 Å². The molecule has 1 aliphatic rings. The third-order valence-electron chi connectivity index (χ3n) is 2.84. The van der Waals surface area contributed by atoms with E-state index in [0.717, 1.165) is 25.0 Å². The van der Waals surface area contributed by atoms with Gasteiger partial charge in [-0.1, -0.05) is 6.42 Å². The zero-order valence-corrected chi connectivity index (χ0v) is 11.7. The molecule has 0 radical (unpaired) electrons. The lowest BCUT2D eigenvalue weighted by atomic mass is 10.2. The summed E-state index contributed by atoms with van der Waals surface area (Å²) in [4.78, 5) is 25.1. The van der Waals surface area contributed by atoms with Crippen LogP contribution in [0.4, 0.5) is 0 Å². The Hall–Kier alpha value is -1.03. The van der Waals surface area contributed by atoms with Gasteiger partial charge < -0.3 is 9.64 Å². The Balaban J connectivity index is 2.87. The largest absolute Gasteiger partial charge is 0.463 e. The minimum atomic E-state index is -0.575. The molecule has 102 valence electrons. The summed E-state index contributed by atoms with van der Waals surface area (Å²) in [5.74, 6) is -0.538. The van der Waals surface area contributed by atoms with Crippen LogP contribution in [0.2, 0.25) is 0 Å². The minimum Gasteiger partial charge on any atom is -0.463 e. The molecule has 1 heterocycles. The number of nitrogens with zero attached hydrogens (tertiary/aromatic N) is 1. The Morgan fingerprint density at radius 1 is 1.44 bits per heavy atom. The second kappa shape index (κ2) is 7.41. The van der Waals surface area contributed by atoms with E-state index in [-0.39, 0.29) is 5.91 Å². The van der Waals surface area contributed by atoms with Crippen LogP contribution in [0.15, 0.2) is 11.8 Å². The van der Waals surface area contributed by atoms with Crippen molar-refractivity contribution in [1.29, 1.82) is 0 Å². The van der Waals surface area contributed by atoms with Crippen molar-refractivity contribution in [3.63, 3.8) is 0 Å². The number of carbonyl (C=O) groups excluding carboxylic acids is 2. The lowest BCUT2D eigenvalue weighted by Crippen LogP contribution is -2.35. The highest BCUT2D eigenvalue weighted by molar-refractivity contribution is 6.30. The lowest BCUT2D eigenvalue weighted by Gasteiger charge is -2.24. The number of halogens is 1. The predicted octanol–water partition coefficient (Wildman–Crippen LogP) is 2.46. The number of esters is 1. The number of amides is 1. The van der Waals surface area contributed by atoms with Crippen molar-refractivity contribution in [2.75, 3.05) is 13.2 Å². The highest BCUT2D eigenvalue weighted by atomic mass is 35.5. The highest BCUT2D eigenvalue weighted by Gasteiger charge is 2.24. The predicted molar refractivity (Wildman–Crippen MR) is 70.2 cm³/mol. The molecule has 0 N–H and O–H groups in total. The number of likely N-dealkylation sites (tertiary alicyclic amines) is 1. The van der Waals surface area contributed by atoms with Gasteiger partial charge in [0.1, 0.15) is 5.38 Å². The van der Waals surface area contributed by atoms with E-state index in [2.05, 4.69) is 0 Å². The summed E-state index contributed by atoms with van der Waals surface area (Å²) in [5, 5.41) is -0.575. The van der Waals surface area contributed by atoms with Crippen molar-refractivity contribution in [2.24, 2.45) is 0 Å². The van der Waals surface area contributed by atoms with Gasteiger partial charge in [-0.3, -0.25) is 4.79 Å². The van der Waals surface area contributed by atoms with Gasteiger partial charge in [0.2, 0.25) is 5.91 Å². The molecule has 0 aromatic carbocycles. The molecule has 1 atom stereocenters. The number of alkyl halides is 1. The molecule has 0 saturated carbocycles. The summed E-state index contributed by atoms with van der Waals surface area (Å²) in [6.07, 6.45) is 5.11. The summed E-state index contributed by atoms with van der Waals surface area (Å²) >= 11 is 5.84. The van der Waals surface area contributed by atoms with Crippen molar-refractivity contribution < 1.29 is 14.3 Å². The van der Waals surface area contributed by atoms with E-state index in [1.165, 1.54) is 6.08 Å². The molecular formula is C13H20ClNO3. The van der Waals surface area contributed by atoms with Crippen molar-refractivity contribution >= 4 is 23.5 Å². The average Bonchev–Trinajstić information content (AvgIpc) is 2.53. The molecule has 1 rings (SSSR count). The van der Waals surface area contributed by atoms with E-state index in [1.54, 1.807) is 18.7 Å². The topological polar surface area (TPSA) is 46.6 Å². The van der Waals surface area contributed by atoms with Crippen LogP contribution in [0.3, 0.4) is 0 Å². The Bertz CT molecular complexity index is 339. The summed E-state index contributed by atoms with van der Waals surface area (Å²) in [6, 6.07) is 0. The summed E-state index contributed by atoms with van der Waals surface area (Å²) in [6.45, 7) is 4.37. The van der Waals surface area contributed by atoms with Crippen molar-refractivity contribution in [3.8, 4) is 0 Å². The van der Waals surface area contributed by atoms with Crippen molar-refractivity contribution in [3.05, 3.63) is 11.8 Å². The summed E-state index contributed by atoms with van der Waals surface area (Å²) < 4.78 is 4.89. The van der Waals surface area contributed by atoms with Gasteiger partial charge >= 0.3 is 5.97 Å². The fraction of sp³-hybridized carbons (Fsp3) is 0.692. The first-order chi connectivity index (χ1) is 8.56. The molecule has 0 aliphatic carbocycles. The molecule has 1 aliphatic heterocycles. The van der Waals surface area contributed by atoms with Crippen LogP contribution in [-0.4, -0.2) is 35.3 Å². The number of hydrogen-bond donors (Lipinski definition) is 0. The maximum atomic E-state index is 12.0. The van der Waals surface area contributed by atoms with Crippen LogP contribution in [0.25, 0.3) is 0 Å². The number of ether oxygens (including phenoxy) is 1. The zero-order chi connectivity index (χ0) is 13.5. The van der Waals surface area contributed by atoms with E-state index in [1.807, 2.05) is 0 Å². The lowest BCUT2D eigenvalue weighted by molar-refractivity contribution is -0.137. The third-order valence-corrected chi connectivity index (χ3v) is 3.03. The second-order valence-corrected chi connectivity index (χ2v) is 4.96. The van der Waals surface area contributed by atoms with Crippen LogP contribution in [0.1, 0.15) is 39.5 Å². The van der Waals surface area contributed by atoms with Crippen LogP contribution >= 0.6 is 11.6 Å². The van der Waals surface area contributed by atoms with Crippen LogP contribution in [0.5, 0.6) is 0 Å². The Morgan fingerprint density at radius 2 is 2.17 bits per heavy atom. The fourth-order valence-electron chi connectivity index (χ4n) is 1.97. The van der Waals surface area contributed by atoms with E-state index in [9.17, 15) is 9.59 Å². The Labute approximate surface area is 113 Å². The molecule has 0 aromatic rings. The van der Waals surface area contributed by atoms with Crippen LogP contribution < -0.4 is 0 Å². The number of allylic oxidation sites excluding steroid dienone is 1. The first-order valence-electron chi connectivity index (χ1n) is 6.39. The standard InChI is InChI=1S/C13H20ClNO3/c1-3-18-12(16)9-11-7-5-4-6-8-15(11)13(17)10(2)14/h9-10H,3-8H2,1-2H3/b11-9+.